The molecule has 34 heavy (non-hydrogen) atoms. The van der Waals surface area contributed by atoms with Gasteiger partial charge in [-0.05, 0) is 61.7 Å². The number of nitrogens with two attached hydrogens (primary N) is 2. The molecular formula is C25H24ClN7S. The van der Waals surface area contributed by atoms with Crippen LogP contribution < -0.4 is 16.8 Å². The molecule has 0 amide bonds. The normalized spacial score (nSPS) is 21.1. The molecule has 6 rings (SSSR count). The van der Waals surface area contributed by atoms with E-state index in [0.717, 1.165) is 59.0 Å². The lowest BCUT2D eigenvalue weighted by Crippen LogP contribution is -2.55. The van der Waals surface area contributed by atoms with Crippen molar-refractivity contribution in [2.45, 2.75) is 34.7 Å². The van der Waals surface area contributed by atoms with E-state index in [9.17, 15) is 0 Å². The summed E-state index contributed by atoms with van der Waals surface area (Å²) in [6.45, 7) is 1.91. The number of nitrogens with one attached hydrogen (secondary N) is 1. The molecule has 9 heteroatoms. The van der Waals surface area contributed by atoms with E-state index >= 15 is 0 Å². The molecule has 7 nitrogen and oxygen atoms in total. The van der Waals surface area contributed by atoms with E-state index in [1.165, 1.54) is 17.3 Å². The Balaban J connectivity index is 1.41. The predicted molar refractivity (Wildman–Crippen MR) is 135 cm³/mol. The van der Waals surface area contributed by atoms with Gasteiger partial charge in [-0.1, -0.05) is 47.6 Å². The zero-order valence-corrected chi connectivity index (χ0v) is 20.0. The van der Waals surface area contributed by atoms with E-state index in [0.29, 0.717) is 16.5 Å². The Labute approximate surface area is 206 Å². The van der Waals surface area contributed by atoms with E-state index < -0.39 is 5.54 Å². The van der Waals surface area contributed by atoms with Crippen LogP contribution in [0.5, 0.6) is 0 Å². The minimum Gasteiger partial charge on any atom is -0.382 e. The summed E-state index contributed by atoms with van der Waals surface area (Å²) >= 11 is 7.72. The number of rotatable bonds is 3. The second kappa shape index (κ2) is 8.16. The molecule has 1 aliphatic carbocycles. The Kier molecular flexibility index (Phi) is 5.22. The van der Waals surface area contributed by atoms with E-state index in [2.05, 4.69) is 34.6 Å². The van der Waals surface area contributed by atoms with Gasteiger partial charge in [0.2, 0.25) is 0 Å². The van der Waals surface area contributed by atoms with Gasteiger partial charge in [0.15, 0.2) is 5.65 Å². The lowest BCUT2D eigenvalue weighted by atomic mass is 9.63. The van der Waals surface area contributed by atoms with Crippen molar-refractivity contribution in [2.24, 2.45) is 11.1 Å². The van der Waals surface area contributed by atoms with Crippen LogP contribution in [0.3, 0.4) is 0 Å². The van der Waals surface area contributed by atoms with Crippen LogP contribution in [-0.2, 0) is 12.0 Å². The molecule has 5 N–H and O–H groups in total. The lowest BCUT2D eigenvalue weighted by Gasteiger charge is -2.46. The summed E-state index contributed by atoms with van der Waals surface area (Å²) in [6.07, 6.45) is 6.41. The van der Waals surface area contributed by atoms with E-state index in [4.69, 9.17) is 38.0 Å². The number of aromatic nitrogens is 4. The summed E-state index contributed by atoms with van der Waals surface area (Å²) in [5.41, 5.74) is 17.0. The molecule has 4 heterocycles. The average molecular weight is 490 g/mol. The van der Waals surface area contributed by atoms with Crippen molar-refractivity contribution in [1.29, 1.82) is 0 Å². The molecule has 1 spiro atoms. The molecule has 0 radical (unpaired) electrons. The molecule has 1 aromatic carbocycles. The number of anilines is 1. The lowest BCUT2D eigenvalue weighted by molar-refractivity contribution is 0.117. The highest BCUT2D eigenvalue weighted by Crippen LogP contribution is 2.56. The van der Waals surface area contributed by atoms with Crippen LogP contribution in [0.25, 0.3) is 11.2 Å². The molecule has 1 saturated heterocycles. The maximum atomic E-state index is 7.37. The second-order valence-electron chi connectivity index (χ2n) is 9.03. The summed E-state index contributed by atoms with van der Waals surface area (Å²) in [6, 6.07) is 14.2. The SMILES string of the molecule is Nc1nccc(Sc2ccc3nc([C@@]4(N)c5ccccc5CC45CCNCC5)cnc3n2)c1Cl. The molecule has 172 valence electrons. The summed E-state index contributed by atoms with van der Waals surface area (Å²) in [5, 5.41) is 4.67. The fourth-order valence-electron chi connectivity index (χ4n) is 5.50. The zero-order chi connectivity index (χ0) is 23.3. The number of nitrogens with zero attached hydrogens (tertiary/aromatic N) is 4. The maximum absolute atomic E-state index is 7.37. The maximum Gasteiger partial charge on any atom is 0.179 e. The van der Waals surface area contributed by atoms with Crippen molar-refractivity contribution < 1.29 is 0 Å². The number of benzene rings is 1. The fourth-order valence-corrected chi connectivity index (χ4v) is 6.55. The molecule has 4 aromatic rings. The summed E-state index contributed by atoms with van der Waals surface area (Å²) in [5.74, 6) is 0.300. The molecule has 0 unspecified atom stereocenters. The first-order chi connectivity index (χ1) is 16.5. The molecule has 1 atom stereocenters. The third kappa shape index (κ3) is 3.28. The van der Waals surface area contributed by atoms with Crippen LogP contribution in [0, 0.1) is 5.41 Å². The number of nitrogen functional groups attached to an aromatic ring is 1. The molecule has 1 aliphatic heterocycles. The Morgan fingerprint density at radius 3 is 2.68 bits per heavy atom. The van der Waals surface area contributed by atoms with Gasteiger partial charge in [0, 0.05) is 16.5 Å². The molecule has 1 fully saturated rings. The van der Waals surface area contributed by atoms with Crippen molar-refractivity contribution in [3.8, 4) is 0 Å². The first-order valence-corrected chi connectivity index (χ1v) is 12.5. The minimum atomic E-state index is -0.692. The number of hydrogen-bond donors (Lipinski definition) is 3. The number of hydrogen-bond acceptors (Lipinski definition) is 8. The monoisotopic (exact) mass is 489 g/mol. The third-order valence-electron chi connectivity index (χ3n) is 7.25. The standard InChI is InChI=1S/C25H24ClN7S/c26-21-18(7-10-30-22(21)27)34-20-6-5-17-23(33-20)31-14-19(32-17)25(28)16-4-2-1-3-15(16)13-24(25)8-11-29-12-9-24/h1-7,10,14,29H,8-9,11-13,28H2,(H2,27,30)/t25-/m0/s1. The molecular weight excluding hydrogens is 466 g/mol. The highest BCUT2D eigenvalue weighted by molar-refractivity contribution is 7.99. The topological polar surface area (TPSA) is 116 Å². The van der Waals surface area contributed by atoms with Gasteiger partial charge < -0.3 is 16.8 Å². The largest absolute Gasteiger partial charge is 0.382 e. The van der Waals surface area contributed by atoms with Gasteiger partial charge in [-0.2, -0.15) is 0 Å². The minimum absolute atomic E-state index is 0.0778. The van der Waals surface area contributed by atoms with Gasteiger partial charge in [0.1, 0.15) is 16.4 Å². The molecule has 3 aromatic heterocycles. The van der Waals surface area contributed by atoms with Crippen molar-refractivity contribution in [2.75, 3.05) is 18.8 Å². The second-order valence-corrected chi connectivity index (χ2v) is 10.5. The first kappa shape index (κ1) is 21.7. The smallest absolute Gasteiger partial charge is 0.179 e. The summed E-state index contributed by atoms with van der Waals surface area (Å²) in [4.78, 5) is 19.2. The molecule has 0 saturated carbocycles. The Bertz CT molecular complexity index is 1410. The number of halogens is 1. The van der Waals surface area contributed by atoms with Gasteiger partial charge in [-0.25, -0.2) is 19.9 Å². The Hall–Kier alpha value is -2.78. The highest BCUT2D eigenvalue weighted by Gasteiger charge is 2.57. The van der Waals surface area contributed by atoms with Crippen LogP contribution in [0.4, 0.5) is 5.82 Å². The quantitative estimate of drug-likeness (QED) is 0.396. The fraction of sp³-hybridized carbons (Fsp3) is 0.280. The van der Waals surface area contributed by atoms with E-state index in [1.807, 2.05) is 24.4 Å². The van der Waals surface area contributed by atoms with Crippen molar-refractivity contribution in [1.82, 2.24) is 25.3 Å². The van der Waals surface area contributed by atoms with Crippen LogP contribution in [-0.4, -0.2) is 33.0 Å². The number of piperidine rings is 1. The van der Waals surface area contributed by atoms with Crippen LogP contribution >= 0.6 is 23.4 Å². The van der Waals surface area contributed by atoms with E-state index in [1.54, 1.807) is 6.20 Å². The number of pyridine rings is 2. The first-order valence-electron chi connectivity index (χ1n) is 11.3. The average Bonchev–Trinajstić information content (AvgIpc) is 3.10. The van der Waals surface area contributed by atoms with Gasteiger partial charge in [-0.15, -0.1) is 0 Å². The van der Waals surface area contributed by atoms with Crippen LogP contribution in [0.15, 0.2) is 64.8 Å². The van der Waals surface area contributed by atoms with Crippen molar-refractivity contribution in [3.63, 3.8) is 0 Å². The van der Waals surface area contributed by atoms with Gasteiger partial charge in [0.25, 0.3) is 0 Å². The van der Waals surface area contributed by atoms with Gasteiger partial charge in [-0.3, -0.25) is 0 Å². The summed E-state index contributed by atoms with van der Waals surface area (Å²) in [7, 11) is 0. The predicted octanol–water partition coefficient (Wildman–Crippen LogP) is 3.93. The van der Waals surface area contributed by atoms with Gasteiger partial charge in [0.05, 0.1) is 22.5 Å². The Morgan fingerprint density at radius 1 is 1.00 bits per heavy atom. The van der Waals surface area contributed by atoms with Crippen molar-refractivity contribution in [3.05, 3.63) is 76.7 Å². The highest BCUT2D eigenvalue weighted by atomic mass is 35.5. The van der Waals surface area contributed by atoms with Gasteiger partial charge >= 0.3 is 0 Å². The van der Waals surface area contributed by atoms with E-state index in [-0.39, 0.29) is 5.41 Å². The third-order valence-corrected chi connectivity index (χ3v) is 8.75. The zero-order valence-electron chi connectivity index (χ0n) is 18.5. The number of fused-ring (bicyclic) bond motifs is 2. The van der Waals surface area contributed by atoms with Crippen molar-refractivity contribution >= 4 is 40.3 Å². The Morgan fingerprint density at radius 2 is 1.82 bits per heavy atom. The van der Waals surface area contributed by atoms with Crippen LogP contribution in [0.1, 0.15) is 29.7 Å². The molecule has 0 bridgehead atoms. The van der Waals surface area contributed by atoms with Crippen LogP contribution in [0.2, 0.25) is 5.02 Å². The molecule has 2 aliphatic rings. The summed E-state index contributed by atoms with van der Waals surface area (Å²) < 4.78 is 0.